The lowest BCUT2D eigenvalue weighted by Crippen LogP contribution is -2.34. The molecule has 0 rings (SSSR count). The fourth-order valence-electron chi connectivity index (χ4n) is 0.805. The molecule has 0 saturated heterocycles. The first kappa shape index (κ1) is 15.3. The van der Waals surface area contributed by atoms with Gasteiger partial charge in [-0.15, -0.1) is 0 Å². The van der Waals surface area contributed by atoms with Crippen LogP contribution >= 0.6 is 0 Å². The van der Waals surface area contributed by atoms with Crippen molar-refractivity contribution in [2.24, 2.45) is 5.92 Å². The number of hydrogen-bond acceptors (Lipinski definition) is 4. The highest BCUT2D eigenvalue weighted by atomic mass is 32.2. The Kier molecular flexibility index (Phi) is 6.54. The molecule has 0 aromatic rings. The average Bonchev–Trinajstić information content (AvgIpc) is 2.13. The number of rotatable bonds is 8. The van der Waals surface area contributed by atoms with Gasteiger partial charge >= 0.3 is 5.97 Å². The van der Waals surface area contributed by atoms with E-state index in [-0.39, 0.29) is 25.0 Å². The van der Waals surface area contributed by atoms with Crippen LogP contribution in [-0.4, -0.2) is 44.5 Å². The zero-order chi connectivity index (χ0) is 12.8. The number of aliphatic carboxylic acids is 1. The second-order valence-electron chi connectivity index (χ2n) is 3.83. The molecule has 6 nitrogen and oxygen atoms in total. The molecule has 16 heavy (non-hydrogen) atoms. The Labute approximate surface area is 96.0 Å². The summed E-state index contributed by atoms with van der Waals surface area (Å²) in [5.74, 6) is -1.92. The molecule has 0 aromatic heterocycles. The van der Waals surface area contributed by atoms with E-state index in [1.54, 1.807) is 0 Å². The first-order valence-corrected chi connectivity index (χ1v) is 6.71. The van der Waals surface area contributed by atoms with E-state index < -0.39 is 21.9 Å². The van der Waals surface area contributed by atoms with Gasteiger partial charge in [-0.2, -0.15) is 0 Å². The van der Waals surface area contributed by atoms with Crippen LogP contribution in [0.5, 0.6) is 0 Å². The van der Waals surface area contributed by atoms with E-state index in [4.69, 9.17) is 9.84 Å². The van der Waals surface area contributed by atoms with Gasteiger partial charge in [0.25, 0.3) is 0 Å². The zero-order valence-electron chi connectivity index (χ0n) is 9.76. The number of sulfonamides is 1. The quantitative estimate of drug-likeness (QED) is 0.637. The monoisotopic (exact) mass is 253 g/mol. The summed E-state index contributed by atoms with van der Waals surface area (Å²) in [6.45, 7) is 5.07. The van der Waals surface area contributed by atoms with E-state index in [1.807, 2.05) is 13.8 Å². The van der Waals surface area contributed by atoms with E-state index in [1.165, 1.54) is 6.92 Å². The standard InChI is InChI=1S/C9H19NO5S/c1-7(2)15-4-5-16(13,14)10-6-8(3)9(11)12/h7-8,10H,4-6H2,1-3H3,(H,11,12). The van der Waals surface area contributed by atoms with Crippen LogP contribution in [0.15, 0.2) is 0 Å². The summed E-state index contributed by atoms with van der Waals surface area (Å²) in [5.41, 5.74) is 0. The largest absolute Gasteiger partial charge is 0.481 e. The van der Waals surface area contributed by atoms with Crippen LogP contribution in [0.3, 0.4) is 0 Å². The number of hydrogen-bond donors (Lipinski definition) is 2. The predicted molar refractivity (Wildman–Crippen MR) is 59.7 cm³/mol. The molecule has 7 heteroatoms. The molecule has 1 atom stereocenters. The summed E-state index contributed by atoms with van der Waals surface area (Å²) >= 11 is 0. The fraction of sp³-hybridized carbons (Fsp3) is 0.889. The molecule has 0 aliphatic heterocycles. The minimum Gasteiger partial charge on any atom is -0.481 e. The summed E-state index contributed by atoms with van der Waals surface area (Å²) < 4.78 is 30.0. The van der Waals surface area contributed by atoms with Crippen LogP contribution in [0.4, 0.5) is 0 Å². The molecule has 0 bridgehead atoms. The molecule has 0 aliphatic rings. The highest BCUT2D eigenvalue weighted by Gasteiger charge is 2.16. The molecule has 0 fully saturated rings. The molecule has 0 saturated carbocycles. The summed E-state index contributed by atoms with van der Waals surface area (Å²) in [6, 6.07) is 0. The minimum absolute atomic E-state index is 0.0202. The number of nitrogens with one attached hydrogen (secondary N) is 1. The lowest BCUT2D eigenvalue weighted by molar-refractivity contribution is -0.140. The number of carboxylic acids is 1. The van der Waals surface area contributed by atoms with Crippen LogP contribution in [0.25, 0.3) is 0 Å². The van der Waals surface area contributed by atoms with Crippen molar-refractivity contribution in [3.8, 4) is 0 Å². The van der Waals surface area contributed by atoms with Crippen molar-refractivity contribution >= 4 is 16.0 Å². The lowest BCUT2D eigenvalue weighted by Gasteiger charge is -2.10. The van der Waals surface area contributed by atoms with Crippen LogP contribution in [0, 0.1) is 5.92 Å². The van der Waals surface area contributed by atoms with Crippen molar-refractivity contribution in [1.29, 1.82) is 0 Å². The lowest BCUT2D eigenvalue weighted by atomic mass is 10.2. The van der Waals surface area contributed by atoms with Crippen LogP contribution in [0.2, 0.25) is 0 Å². The molecular weight excluding hydrogens is 234 g/mol. The van der Waals surface area contributed by atoms with Gasteiger partial charge in [-0.1, -0.05) is 6.92 Å². The molecule has 0 radical (unpaired) electrons. The predicted octanol–water partition coefficient (Wildman–Crippen LogP) is 0.0515. The van der Waals surface area contributed by atoms with Gasteiger partial charge in [0.1, 0.15) is 0 Å². The maximum atomic E-state index is 11.4. The van der Waals surface area contributed by atoms with Crippen molar-refractivity contribution in [3.63, 3.8) is 0 Å². The SMILES string of the molecule is CC(C)OCCS(=O)(=O)NCC(C)C(=O)O. The van der Waals surface area contributed by atoms with Crippen LogP contribution in [-0.2, 0) is 19.6 Å². The topological polar surface area (TPSA) is 92.7 Å². The van der Waals surface area contributed by atoms with Gasteiger partial charge in [0, 0.05) is 6.54 Å². The molecule has 0 aromatic carbocycles. The van der Waals surface area contributed by atoms with E-state index in [2.05, 4.69) is 4.72 Å². The molecule has 0 aliphatic carbocycles. The number of ether oxygens (including phenoxy) is 1. The highest BCUT2D eigenvalue weighted by molar-refractivity contribution is 7.89. The fourth-order valence-corrected chi connectivity index (χ4v) is 1.77. The smallest absolute Gasteiger partial charge is 0.307 e. The van der Waals surface area contributed by atoms with Crippen molar-refractivity contribution < 1.29 is 23.1 Å². The zero-order valence-corrected chi connectivity index (χ0v) is 10.6. The maximum absolute atomic E-state index is 11.4. The second kappa shape index (κ2) is 6.82. The number of carboxylic acid groups (broad SMARTS) is 1. The van der Waals surface area contributed by atoms with Gasteiger partial charge in [0.15, 0.2) is 0 Å². The Balaban J connectivity index is 3.92. The summed E-state index contributed by atoms with van der Waals surface area (Å²) in [5, 5.41) is 8.57. The van der Waals surface area contributed by atoms with E-state index in [0.29, 0.717) is 0 Å². The van der Waals surface area contributed by atoms with Gasteiger partial charge in [-0.3, -0.25) is 4.79 Å². The Hall–Kier alpha value is -0.660. The van der Waals surface area contributed by atoms with Crippen molar-refractivity contribution in [2.75, 3.05) is 18.9 Å². The molecule has 0 heterocycles. The highest BCUT2D eigenvalue weighted by Crippen LogP contribution is 1.95. The number of carbonyl (C=O) groups is 1. The molecule has 2 N–H and O–H groups in total. The Morgan fingerprint density at radius 2 is 1.94 bits per heavy atom. The Morgan fingerprint density at radius 1 is 1.38 bits per heavy atom. The molecular formula is C9H19NO5S. The van der Waals surface area contributed by atoms with Gasteiger partial charge in [-0.05, 0) is 13.8 Å². The van der Waals surface area contributed by atoms with Crippen molar-refractivity contribution in [3.05, 3.63) is 0 Å². The third-order valence-electron chi connectivity index (χ3n) is 1.83. The molecule has 1 unspecified atom stereocenters. The molecule has 0 amide bonds. The van der Waals surface area contributed by atoms with Crippen molar-refractivity contribution in [1.82, 2.24) is 4.72 Å². The summed E-state index contributed by atoms with van der Waals surface area (Å²) in [6.07, 6.45) is -0.0202. The first-order valence-electron chi connectivity index (χ1n) is 5.06. The maximum Gasteiger partial charge on any atom is 0.307 e. The van der Waals surface area contributed by atoms with Crippen molar-refractivity contribution in [2.45, 2.75) is 26.9 Å². The molecule has 0 spiro atoms. The third-order valence-corrected chi connectivity index (χ3v) is 3.14. The van der Waals surface area contributed by atoms with E-state index in [0.717, 1.165) is 0 Å². The van der Waals surface area contributed by atoms with Crippen LogP contribution < -0.4 is 4.72 Å². The van der Waals surface area contributed by atoms with Gasteiger partial charge in [0.05, 0.1) is 24.4 Å². The third kappa shape index (κ3) is 7.61. The molecule has 96 valence electrons. The summed E-state index contributed by atoms with van der Waals surface area (Å²) in [4.78, 5) is 10.5. The van der Waals surface area contributed by atoms with Gasteiger partial charge < -0.3 is 9.84 Å². The minimum atomic E-state index is -3.44. The average molecular weight is 253 g/mol. The van der Waals surface area contributed by atoms with Gasteiger partial charge in [0.2, 0.25) is 10.0 Å². The first-order chi connectivity index (χ1) is 7.24. The Bertz CT molecular complexity index is 312. The van der Waals surface area contributed by atoms with Gasteiger partial charge in [-0.25, -0.2) is 13.1 Å². The Morgan fingerprint density at radius 3 is 2.38 bits per heavy atom. The van der Waals surface area contributed by atoms with E-state index in [9.17, 15) is 13.2 Å². The normalized spacial score (nSPS) is 14.0. The second-order valence-corrected chi connectivity index (χ2v) is 5.75. The van der Waals surface area contributed by atoms with Crippen LogP contribution in [0.1, 0.15) is 20.8 Å². The summed E-state index contributed by atoms with van der Waals surface area (Å²) in [7, 11) is -3.44. The van der Waals surface area contributed by atoms with E-state index >= 15 is 0 Å².